The van der Waals surface area contributed by atoms with Crippen LogP contribution >= 0.6 is 0 Å². The molecule has 5 nitrogen and oxygen atoms in total. The van der Waals surface area contributed by atoms with Crippen LogP contribution in [0.5, 0.6) is 0 Å². The van der Waals surface area contributed by atoms with Gasteiger partial charge in [0.1, 0.15) is 6.04 Å². The van der Waals surface area contributed by atoms with Crippen LogP contribution in [0.1, 0.15) is 23.6 Å². The third-order valence-corrected chi connectivity index (χ3v) is 6.72. The summed E-state index contributed by atoms with van der Waals surface area (Å²) in [6.45, 7) is 4.98. The third kappa shape index (κ3) is 6.25. The van der Waals surface area contributed by atoms with Crippen LogP contribution < -0.4 is 4.72 Å². The number of benzene rings is 3. The van der Waals surface area contributed by atoms with Crippen LogP contribution in [-0.4, -0.2) is 25.4 Å². The monoisotopic (exact) mass is 433 g/mol. The van der Waals surface area contributed by atoms with Crippen molar-refractivity contribution in [2.45, 2.75) is 43.9 Å². The van der Waals surface area contributed by atoms with E-state index >= 15 is 0 Å². The van der Waals surface area contributed by atoms with Gasteiger partial charge in [-0.1, -0.05) is 78.4 Å². The molecule has 0 fully saturated rings. The van der Waals surface area contributed by atoms with Crippen LogP contribution in [0, 0.1) is 18.3 Å². The molecule has 0 amide bonds. The molecule has 0 bridgehead atoms. The quantitative estimate of drug-likeness (QED) is 0.547. The van der Waals surface area contributed by atoms with Crippen LogP contribution in [-0.2, 0) is 23.1 Å². The normalized spacial score (nSPS) is 13.5. The number of hydrogen-bond donors (Lipinski definition) is 1. The lowest BCUT2D eigenvalue weighted by molar-refractivity contribution is 0.176. The molecule has 3 aromatic carbocycles. The highest BCUT2D eigenvalue weighted by Crippen LogP contribution is 2.18. The van der Waals surface area contributed by atoms with Gasteiger partial charge in [-0.05, 0) is 37.1 Å². The Bertz CT molecular complexity index is 1070. The fourth-order valence-electron chi connectivity index (χ4n) is 3.38. The predicted molar refractivity (Wildman–Crippen MR) is 122 cm³/mol. The molecule has 31 heavy (non-hydrogen) atoms. The highest BCUT2D eigenvalue weighted by Gasteiger charge is 2.28. The summed E-state index contributed by atoms with van der Waals surface area (Å²) < 4.78 is 28.4. The first-order valence-corrected chi connectivity index (χ1v) is 11.7. The Balaban J connectivity index is 1.84. The Morgan fingerprint density at radius 1 is 0.871 bits per heavy atom. The van der Waals surface area contributed by atoms with Crippen molar-refractivity contribution in [2.24, 2.45) is 0 Å². The SMILES string of the molecule is Cc1ccc(S(=O)(=O)N[C@H](C#N)[C@H](C)N(Cc2ccccc2)Cc2ccccc2)cc1. The third-order valence-electron chi connectivity index (χ3n) is 5.27. The lowest BCUT2D eigenvalue weighted by Gasteiger charge is -2.32. The highest BCUT2D eigenvalue weighted by atomic mass is 32.2. The molecule has 1 N–H and O–H groups in total. The maximum Gasteiger partial charge on any atom is 0.241 e. The van der Waals surface area contributed by atoms with Crippen molar-refractivity contribution < 1.29 is 8.42 Å². The molecule has 3 aromatic rings. The van der Waals surface area contributed by atoms with E-state index < -0.39 is 16.1 Å². The van der Waals surface area contributed by atoms with Gasteiger partial charge in [0, 0.05) is 19.1 Å². The average molecular weight is 434 g/mol. The van der Waals surface area contributed by atoms with E-state index in [9.17, 15) is 13.7 Å². The molecule has 0 aliphatic rings. The molecule has 3 rings (SSSR count). The van der Waals surface area contributed by atoms with E-state index in [0.717, 1.165) is 16.7 Å². The van der Waals surface area contributed by atoms with Gasteiger partial charge in [-0.3, -0.25) is 4.90 Å². The summed E-state index contributed by atoms with van der Waals surface area (Å²) >= 11 is 0. The van der Waals surface area contributed by atoms with Crippen molar-refractivity contribution in [3.05, 3.63) is 102 Å². The fraction of sp³-hybridized carbons (Fsp3) is 0.240. The number of rotatable bonds is 9. The molecule has 0 saturated heterocycles. The number of nitrogens with one attached hydrogen (secondary N) is 1. The molecule has 0 heterocycles. The molecule has 0 radical (unpaired) electrons. The van der Waals surface area contributed by atoms with Crippen molar-refractivity contribution in [1.29, 1.82) is 5.26 Å². The molecule has 6 heteroatoms. The van der Waals surface area contributed by atoms with E-state index in [1.165, 1.54) is 0 Å². The van der Waals surface area contributed by atoms with Gasteiger partial charge in [0.05, 0.1) is 11.0 Å². The Kier molecular flexibility index (Phi) is 7.59. The van der Waals surface area contributed by atoms with Gasteiger partial charge in [-0.25, -0.2) is 8.42 Å². The van der Waals surface area contributed by atoms with Crippen LogP contribution in [0.2, 0.25) is 0 Å². The van der Waals surface area contributed by atoms with Crippen molar-refractivity contribution in [1.82, 2.24) is 9.62 Å². The van der Waals surface area contributed by atoms with Crippen molar-refractivity contribution in [3.8, 4) is 6.07 Å². The molecule has 0 unspecified atom stereocenters. The van der Waals surface area contributed by atoms with Crippen LogP contribution in [0.3, 0.4) is 0 Å². The molecule has 0 saturated carbocycles. The number of nitrogens with zero attached hydrogens (tertiary/aromatic N) is 2. The minimum absolute atomic E-state index is 0.156. The number of nitriles is 1. The Hall–Kier alpha value is -2.98. The van der Waals surface area contributed by atoms with E-state index in [1.807, 2.05) is 74.5 Å². The molecule has 0 aliphatic heterocycles. The summed E-state index contributed by atoms with van der Waals surface area (Å²) in [4.78, 5) is 2.28. The fourth-order valence-corrected chi connectivity index (χ4v) is 4.59. The smallest absolute Gasteiger partial charge is 0.241 e. The van der Waals surface area contributed by atoms with Crippen LogP contribution in [0.25, 0.3) is 0 Å². The second-order valence-electron chi connectivity index (χ2n) is 7.66. The molecule has 2 atom stereocenters. The number of aryl methyl sites for hydroxylation is 1. The molecular weight excluding hydrogens is 406 g/mol. The predicted octanol–water partition coefficient (Wildman–Crippen LogP) is 4.26. The second kappa shape index (κ2) is 10.4. The van der Waals surface area contributed by atoms with Gasteiger partial charge in [0.2, 0.25) is 10.0 Å². The summed E-state index contributed by atoms with van der Waals surface area (Å²) in [6.07, 6.45) is 0. The maximum atomic E-state index is 12.9. The lowest BCUT2D eigenvalue weighted by atomic mass is 10.1. The van der Waals surface area contributed by atoms with Gasteiger partial charge in [0.15, 0.2) is 0 Å². The Morgan fingerprint density at radius 2 is 1.35 bits per heavy atom. The van der Waals surface area contributed by atoms with Gasteiger partial charge in [0.25, 0.3) is 0 Å². The minimum Gasteiger partial charge on any atom is -0.290 e. The summed E-state index contributed by atoms with van der Waals surface area (Å²) in [6, 6.07) is 27.4. The van der Waals surface area contributed by atoms with E-state index in [-0.39, 0.29) is 10.9 Å². The molecule has 0 spiro atoms. The summed E-state index contributed by atoms with van der Waals surface area (Å²) in [5, 5.41) is 9.83. The van der Waals surface area contributed by atoms with Gasteiger partial charge in [-0.2, -0.15) is 9.98 Å². The Morgan fingerprint density at radius 3 is 1.81 bits per heavy atom. The first kappa shape index (κ1) is 22.7. The second-order valence-corrected chi connectivity index (χ2v) is 9.37. The first-order chi connectivity index (χ1) is 14.9. The molecular formula is C25H27N3O2S. The van der Waals surface area contributed by atoms with Crippen molar-refractivity contribution >= 4 is 10.0 Å². The van der Waals surface area contributed by atoms with Crippen molar-refractivity contribution in [3.63, 3.8) is 0 Å². The standard InChI is InChI=1S/C25H27N3O2S/c1-20-13-15-24(16-14-20)31(29,30)27-25(17-26)21(2)28(18-22-9-5-3-6-10-22)19-23-11-7-4-8-12-23/h3-16,21,25,27H,18-19H2,1-2H3/t21-,25+/m0/s1. The topological polar surface area (TPSA) is 73.2 Å². The molecule has 0 aliphatic carbocycles. The van der Waals surface area contributed by atoms with Crippen LogP contribution in [0.4, 0.5) is 0 Å². The summed E-state index contributed by atoms with van der Waals surface area (Å²) in [5.41, 5.74) is 3.17. The zero-order valence-corrected chi connectivity index (χ0v) is 18.6. The largest absolute Gasteiger partial charge is 0.290 e. The summed E-state index contributed by atoms with van der Waals surface area (Å²) in [5.74, 6) is 0. The van der Waals surface area contributed by atoms with E-state index in [1.54, 1.807) is 24.3 Å². The number of hydrogen-bond acceptors (Lipinski definition) is 4. The minimum atomic E-state index is -3.81. The van der Waals surface area contributed by atoms with E-state index in [0.29, 0.717) is 13.1 Å². The highest BCUT2D eigenvalue weighted by molar-refractivity contribution is 7.89. The maximum absolute atomic E-state index is 12.9. The van der Waals surface area contributed by atoms with Gasteiger partial charge < -0.3 is 0 Å². The lowest BCUT2D eigenvalue weighted by Crippen LogP contribution is -2.49. The van der Waals surface area contributed by atoms with Gasteiger partial charge in [-0.15, -0.1) is 0 Å². The number of sulfonamides is 1. The van der Waals surface area contributed by atoms with Gasteiger partial charge >= 0.3 is 0 Å². The zero-order chi connectivity index (χ0) is 22.3. The van der Waals surface area contributed by atoms with E-state index in [4.69, 9.17) is 0 Å². The first-order valence-electron chi connectivity index (χ1n) is 10.2. The summed E-state index contributed by atoms with van der Waals surface area (Å²) in [7, 11) is -3.81. The van der Waals surface area contributed by atoms with Crippen LogP contribution in [0.15, 0.2) is 89.8 Å². The Labute approximate surface area is 185 Å². The average Bonchev–Trinajstić information content (AvgIpc) is 2.78. The molecule has 0 aromatic heterocycles. The van der Waals surface area contributed by atoms with E-state index in [2.05, 4.69) is 15.7 Å². The molecule has 160 valence electrons. The zero-order valence-electron chi connectivity index (χ0n) is 17.8. The van der Waals surface area contributed by atoms with Crippen molar-refractivity contribution in [2.75, 3.05) is 0 Å².